The van der Waals surface area contributed by atoms with Crippen LogP contribution in [0.15, 0.2) is 48.7 Å². The molecular formula is C16H13N4+. The third-order valence-corrected chi connectivity index (χ3v) is 4.22. The van der Waals surface area contributed by atoms with E-state index in [2.05, 4.69) is 63.2 Å². The van der Waals surface area contributed by atoms with Gasteiger partial charge in [0, 0.05) is 5.56 Å². The van der Waals surface area contributed by atoms with Crippen molar-refractivity contribution >= 4 is 16.9 Å². The summed E-state index contributed by atoms with van der Waals surface area (Å²) >= 11 is 0. The molecule has 1 aromatic carbocycles. The van der Waals surface area contributed by atoms with Crippen LogP contribution in [0.2, 0.25) is 0 Å². The molecule has 0 fully saturated rings. The maximum atomic E-state index is 4.76. The molecule has 4 aromatic rings. The first-order valence-corrected chi connectivity index (χ1v) is 6.78. The van der Waals surface area contributed by atoms with Gasteiger partial charge in [-0.3, -0.25) is 0 Å². The van der Waals surface area contributed by atoms with Crippen LogP contribution in [0.1, 0.15) is 5.56 Å². The van der Waals surface area contributed by atoms with Gasteiger partial charge in [-0.15, -0.1) is 0 Å². The Hall–Kier alpha value is -2.62. The minimum Gasteiger partial charge on any atom is -0.240 e. The zero-order valence-electron chi connectivity index (χ0n) is 11.1. The van der Waals surface area contributed by atoms with Gasteiger partial charge in [0.1, 0.15) is 0 Å². The smallest absolute Gasteiger partial charge is 0.240 e. The van der Waals surface area contributed by atoms with Gasteiger partial charge in [-0.25, -0.2) is 13.5 Å². The Bertz CT molecular complexity index is 990. The van der Waals surface area contributed by atoms with Gasteiger partial charge in [-0.1, -0.05) is 24.3 Å². The van der Waals surface area contributed by atoms with E-state index in [4.69, 9.17) is 4.98 Å². The first-order valence-electron chi connectivity index (χ1n) is 6.78. The molecule has 1 aliphatic rings. The van der Waals surface area contributed by atoms with Crippen LogP contribution in [-0.4, -0.2) is 14.0 Å². The minimum absolute atomic E-state index is 0.922. The second-order valence-electron chi connectivity index (χ2n) is 5.31. The van der Waals surface area contributed by atoms with Gasteiger partial charge in [0.15, 0.2) is 5.65 Å². The summed E-state index contributed by atoms with van der Waals surface area (Å²) in [6, 6.07) is 14.7. The van der Waals surface area contributed by atoms with Crippen molar-refractivity contribution in [1.82, 2.24) is 14.0 Å². The number of aryl methyl sites for hydroxylation is 1. The second kappa shape index (κ2) is 3.28. The Balaban J connectivity index is 1.99. The molecule has 96 valence electrons. The first-order chi connectivity index (χ1) is 9.84. The molecule has 4 heteroatoms. The SMILES string of the molecule is Cn1c2[n+](c3c1nc1ccccn13)Cc1ccccc1-2. The lowest BCUT2D eigenvalue weighted by Gasteiger charge is -1.95. The number of imidazole rings is 2. The van der Waals surface area contributed by atoms with Crippen LogP contribution in [0, 0.1) is 0 Å². The molecule has 0 amide bonds. The molecule has 0 unspecified atom stereocenters. The monoisotopic (exact) mass is 261 g/mol. The Morgan fingerprint density at radius 3 is 2.90 bits per heavy atom. The van der Waals surface area contributed by atoms with Crippen molar-refractivity contribution in [2.24, 2.45) is 7.05 Å². The highest BCUT2D eigenvalue weighted by molar-refractivity contribution is 5.76. The molecule has 4 heterocycles. The van der Waals surface area contributed by atoms with Crippen molar-refractivity contribution in [3.8, 4) is 11.4 Å². The van der Waals surface area contributed by atoms with E-state index in [0.717, 1.165) is 17.8 Å². The molecular weight excluding hydrogens is 248 g/mol. The first kappa shape index (κ1) is 10.2. The van der Waals surface area contributed by atoms with E-state index in [1.807, 2.05) is 6.07 Å². The third kappa shape index (κ3) is 1.04. The van der Waals surface area contributed by atoms with Gasteiger partial charge in [0.05, 0.1) is 25.4 Å². The summed E-state index contributed by atoms with van der Waals surface area (Å²) < 4.78 is 6.74. The largest absolute Gasteiger partial charge is 0.295 e. The zero-order chi connectivity index (χ0) is 13.3. The summed E-state index contributed by atoms with van der Waals surface area (Å²) in [5.41, 5.74) is 5.91. The van der Waals surface area contributed by atoms with Crippen LogP contribution in [0.3, 0.4) is 0 Å². The van der Waals surface area contributed by atoms with Crippen molar-refractivity contribution in [3.05, 3.63) is 54.2 Å². The van der Waals surface area contributed by atoms with E-state index in [9.17, 15) is 0 Å². The van der Waals surface area contributed by atoms with E-state index in [1.165, 1.54) is 22.6 Å². The summed E-state index contributed by atoms with van der Waals surface area (Å²) in [5, 5.41) is 0. The maximum absolute atomic E-state index is 4.76. The molecule has 0 saturated heterocycles. The van der Waals surface area contributed by atoms with Gasteiger partial charge >= 0.3 is 0 Å². The average Bonchev–Trinajstić information content (AvgIpc) is 3.10. The van der Waals surface area contributed by atoms with Crippen molar-refractivity contribution in [2.75, 3.05) is 0 Å². The number of benzene rings is 1. The second-order valence-corrected chi connectivity index (χ2v) is 5.31. The molecule has 20 heavy (non-hydrogen) atoms. The van der Waals surface area contributed by atoms with Gasteiger partial charge in [-0.05, 0) is 18.2 Å². The Kier molecular flexibility index (Phi) is 1.67. The Labute approximate surface area is 115 Å². The van der Waals surface area contributed by atoms with Crippen LogP contribution >= 0.6 is 0 Å². The molecule has 3 aromatic heterocycles. The van der Waals surface area contributed by atoms with Crippen molar-refractivity contribution in [2.45, 2.75) is 6.54 Å². The lowest BCUT2D eigenvalue weighted by atomic mass is 10.1. The topological polar surface area (TPSA) is 26.1 Å². The molecule has 0 spiro atoms. The van der Waals surface area contributed by atoms with Crippen LogP contribution in [0.4, 0.5) is 0 Å². The van der Waals surface area contributed by atoms with E-state index < -0.39 is 0 Å². The summed E-state index contributed by atoms with van der Waals surface area (Å²) in [4.78, 5) is 4.76. The molecule has 5 rings (SSSR count). The Morgan fingerprint density at radius 2 is 1.95 bits per heavy atom. The molecule has 0 radical (unpaired) electrons. The minimum atomic E-state index is 0.922. The molecule has 4 nitrogen and oxygen atoms in total. The average molecular weight is 261 g/mol. The van der Waals surface area contributed by atoms with Crippen LogP contribution < -0.4 is 4.57 Å². The third-order valence-electron chi connectivity index (χ3n) is 4.22. The molecule has 0 bridgehead atoms. The van der Waals surface area contributed by atoms with E-state index in [0.29, 0.717) is 0 Å². The summed E-state index contributed by atoms with van der Waals surface area (Å²) in [7, 11) is 2.10. The summed E-state index contributed by atoms with van der Waals surface area (Å²) in [6.45, 7) is 0.922. The summed E-state index contributed by atoms with van der Waals surface area (Å²) in [5.74, 6) is 1.25. The lowest BCUT2D eigenvalue weighted by molar-refractivity contribution is -0.648. The normalized spacial score (nSPS) is 13.1. The number of aromatic nitrogens is 4. The van der Waals surface area contributed by atoms with Gasteiger partial charge in [0.2, 0.25) is 5.82 Å². The lowest BCUT2D eigenvalue weighted by Crippen LogP contribution is -2.32. The molecule has 0 saturated carbocycles. The van der Waals surface area contributed by atoms with E-state index >= 15 is 0 Å². The number of rotatable bonds is 0. The molecule has 0 aliphatic carbocycles. The number of pyridine rings is 1. The van der Waals surface area contributed by atoms with Crippen molar-refractivity contribution < 1.29 is 4.57 Å². The number of hydrogen-bond donors (Lipinski definition) is 0. The quantitative estimate of drug-likeness (QED) is 0.392. The van der Waals surface area contributed by atoms with Gasteiger partial charge < -0.3 is 0 Å². The molecule has 1 aliphatic heterocycles. The predicted molar refractivity (Wildman–Crippen MR) is 76.4 cm³/mol. The standard InChI is InChI=1S/C16H13N4/c1-18-14-16(19-9-5-4-8-13(19)17-14)20-10-11-6-2-3-7-12(11)15(18)20/h2-9H,10H2,1H3/q+1. The van der Waals surface area contributed by atoms with Crippen LogP contribution in [0.5, 0.6) is 0 Å². The highest BCUT2D eigenvalue weighted by Gasteiger charge is 2.33. The number of hydrogen-bond acceptors (Lipinski definition) is 1. The fourth-order valence-corrected chi connectivity index (χ4v) is 3.35. The maximum Gasteiger partial charge on any atom is 0.295 e. The van der Waals surface area contributed by atoms with Crippen LogP contribution in [0.25, 0.3) is 28.3 Å². The fraction of sp³-hybridized carbons (Fsp3) is 0.125. The van der Waals surface area contributed by atoms with Crippen LogP contribution in [-0.2, 0) is 13.6 Å². The molecule has 0 atom stereocenters. The van der Waals surface area contributed by atoms with Gasteiger partial charge in [-0.2, -0.15) is 4.98 Å². The number of nitrogens with zero attached hydrogens (tertiary/aromatic N) is 4. The van der Waals surface area contributed by atoms with Gasteiger partial charge in [0.25, 0.3) is 11.3 Å². The van der Waals surface area contributed by atoms with Crippen molar-refractivity contribution in [3.63, 3.8) is 0 Å². The highest BCUT2D eigenvalue weighted by Crippen LogP contribution is 2.30. The van der Waals surface area contributed by atoms with Crippen molar-refractivity contribution in [1.29, 1.82) is 0 Å². The highest BCUT2D eigenvalue weighted by atomic mass is 15.3. The number of fused-ring (bicyclic) bond motifs is 7. The molecule has 0 N–H and O–H groups in total. The summed E-state index contributed by atoms with van der Waals surface area (Å²) in [6.07, 6.45) is 2.08. The Morgan fingerprint density at radius 1 is 1.10 bits per heavy atom. The predicted octanol–water partition coefficient (Wildman–Crippen LogP) is 2.14. The van der Waals surface area contributed by atoms with E-state index in [-0.39, 0.29) is 0 Å². The zero-order valence-corrected chi connectivity index (χ0v) is 11.1. The fourth-order valence-electron chi connectivity index (χ4n) is 3.35. The van der Waals surface area contributed by atoms with E-state index in [1.54, 1.807) is 0 Å².